The van der Waals surface area contributed by atoms with E-state index >= 15 is 0 Å². The number of hydrogen-bond donors (Lipinski definition) is 1. The van der Waals surface area contributed by atoms with Gasteiger partial charge in [-0.15, -0.1) is 0 Å². The van der Waals surface area contributed by atoms with Crippen LogP contribution >= 0.6 is 0 Å². The molecule has 80 valence electrons. The van der Waals surface area contributed by atoms with Gasteiger partial charge in [0.2, 0.25) is 5.91 Å². The van der Waals surface area contributed by atoms with Crippen molar-refractivity contribution in [3.8, 4) is 0 Å². The maximum Gasteiger partial charge on any atom is 0.236 e. The maximum absolute atomic E-state index is 11.7. The maximum atomic E-state index is 11.7. The lowest BCUT2D eigenvalue weighted by Gasteiger charge is -2.22. The molecule has 2 fully saturated rings. The van der Waals surface area contributed by atoms with Gasteiger partial charge in [0, 0.05) is 13.1 Å². The molecule has 2 rings (SSSR count). The van der Waals surface area contributed by atoms with Crippen LogP contribution in [0.5, 0.6) is 0 Å². The third-order valence-corrected chi connectivity index (χ3v) is 3.03. The molecule has 2 saturated carbocycles. The molecule has 0 heterocycles. The lowest BCUT2D eigenvalue weighted by Crippen LogP contribution is -2.39. The minimum Gasteiger partial charge on any atom is -0.341 e. The number of amides is 1. The predicted molar refractivity (Wildman–Crippen MR) is 56.0 cm³/mol. The average Bonchev–Trinajstić information content (AvgIpc) is 2.97. The average molecular weight is 196 g/mol. The minimum atomic E-state index is 0.284. The number of carbonyl (C=O) groups is 1. The summed E-state index contributed by atoms with van der Waals surface area (Å²) in [5.74, 6) is 1.91. The highest BCUT2D eigenvalue weighted by Gasteiger charge is 2.30. The molecule has 1 amide bonds. The molecule has 0 aliphatic heterocycles. The van der Waals surface area contributed by atoms with Gasteiger partial charge in [-0.1, -0.05) is 0 Å². The predicted octanol–water partition coefficient (Wildman–Crippen LogP) is 0.854. The van der Waals surface area contributed by atoms with Crippen LogP contribution in [-0.2, 0) is 4.79 Å². The van der Waals surface area contributed by atoms with Crippen molar-refractivity contribution < 1.29 is 4.79 Å². The molecule has 0 spiro atoms. The van der Waals surface area contributed by atoms with Crippen LogP contribution in [0.25, 0.3) is 0 Å². The van der Waals surface area contributed by atoms with Gasteiger partial charge in [0.15, 0.2) is 0 Å². The summed E-state index contributed by atoms with van der Waals surface area (Å²) >= 11 is 0. The molecular weight excluding hydrogens is 176 g/mol. The van der Waals surface area contributed by atoms with Gasteiger partial charge >= 0.3 is 0 Å². The summed E-state index contributed by atoms with van der Waals surface area (Å²) in [4.78, 5) is 13.8. The fourth-order valence-electron chi connectivity index (χ4n) is 1.77. The fourth-order valence-corrected chi connectivity index (χ4v) is 1.77. The Balaban J connectivity index is 1.78. The first-order chi connectivity index (χ1) is 6.79. The SMILES string of the molecule is CNCC(=O)N(CC1CC1)CC1CC1. The van der Waals surface area contributed by atoms with Gasteiger partial charge in [0.1, 0.15) is 0 Å². The second-order valence-corrected chi connectivity index (χ2v) is 4.72. The standard InChI is InChI=1S/C11H20N2O/c1-12-6-11(14)13(7-9-2-3-9)8-10-4-5-10/h9-10,12H,2-8H2,1H3. The number of hydrogen-bond acceptors (Lipinski definition) is 2. The van der Waals surface area contributed by atoms with Crippen LogP contribution < -0.4 is 5.32 Å². The summed E-state index contributed by atoms with van der Waals surface area (Å²) in [7, 11) is 1.84. The van der Waals surface area contributed by atoms with Gasteiger partial charge in [-0.25, -0.2) is 0 Å². The molecule has 3 nitrogen and oxygen atoms in total. The van der Waals surface area contributed by atoms with Crippen molar-refractivity contribution in [1.82, 2.24) is 10.2 Å². The second kappa shape index (κ2) is 4.30. The van der Waals surface area contributed by atoms with Crippen LogP contribution in [0.3, 0.4) is 0 Å². The zero-order chi connectivity index (χ0) is 9.97. The Labute approximate surface area is 85.8 Å². The van der Waals surface area contributed by atoms with E-state index in [1.807, 2.05) is 7.05 Å². The van der Waals surface area contributed by atoms with Gasteiger partial charge in [-0.2, -0.15) is 0 Å². The highest BCUT2D eigenvalue weighted by molar-refractivity contribution is 5.78. The Hall–Kier alpha value is -0.570. The first kappa shape index (κ1) is 9.97. The Morgan fingerprint density at radius 1 is 1.21 bits per heavy atom. The Morgan fingerprint density at radius 2 is 1.71 bits per heavy atom. The minimum absolute atomic E-state index is 0.284. The Morgan fingerprint density at radius 3 is 2.07 bits per heavy atom. The van der Waals surface area contributed by atoms with E-state index in [0.717, 1.165) is 24.9 Å². The Bertz CT molecular complexity index is 195. The van der Waals surface area contributed by atoms with Crippen LogP contribution in [0.4, 0.5) is 0 Å². The zero-order valence-corrected chi connectivity index (χ0v) is 8.96. The van der Waals surface area contributed by atoms with E-state index in [2.05, 4.69) is 10.2 Å². The van der Waals surface area contributed by atoms with E-state index in [0.29, 0.717) is 6.54 Å². The largest absolute Gasteiger partial charge is 0.341 e. The van der Waals surface area contributed by atoms with E-state index < -0.39 is 0 Å². The normalized spacial score (nSPS) is 20.9. The lowest BCUT2D eigenvalue weighted by molar-refractivity contribution is -0.130. The summed E-state index contributed by atoms with van der Waals surface area (Å²) in [6.07, 6.45) is 5.31. The number of rotatable bonds is 6. The summed E-state index contributed by atoms with van der Waals surface area (Å²) in [6, 6.07) is 0. The molecule has 0 saturated heterocycles. The van der Waals surface area contributed by atoms with Gasteiger partial charge in [-0.3, -0.25) is 4.79 Å². The van der Waals surface area contributed by atoms with Gasteiger partial charge in [0.05, 0.1) is 6.54 Å². The van der Waals surface area contributed by atoms with Crippen LogP contribution in [0.15, 0.2) is 0 Å². The summed E-state index contributed by atoms with van der Waals surface area (Å²) in [6.45, 7) is 2.52. The van der Waals surface area contributed by atoms with Crippen molar-refractivity contribution in [2.45, 2.75) is 25.7 Å². The number of nitrogens with one attached hydrogen (secondary N) is 1. The van der Waals surface area contributed by atoms with E-state index in [1.165, 1.54) is 25.7 Å². The van der Waals surface area contributed by atoms with E-state index in [-0.39, 0.29) is 5.91 Å². The number of likely N-dealkylation sites (N-methyl/N-ethyl adjacent to an activating group) is 1. The lowest BCUT2D eigenvalue weighted by atomic mass is 10.3. The zero-order valence-electron chi connectivity index (χ0n) is 8.96. The summed E-state index contributed by atoms with van der Waals surface area (Å²) < 4.78 is 0. The first-order valence-corrected chi connectivity index (χ1v) is 5.72. The van der Waals surface area contributed by atoms with E-state index in [1.54, 1.807) is 0 Å². The molecule has 2 aliphatic carbocycles. The molecule has 0 bridgehead atoms. The van der Waals surface area contributed by atoms with Crippen molar-refractivity contribution >= 4 is 5.91 Å². The molecule has 0 unspecified atom stereocenters. The molecular formula is C11H20N2O. The Kier molecular flexibility index (Phi) is 3.06. The van der Waals surface area contributed by atoms with Gasteiger partial charge in [0.25, 0.3) is 0 Å². The molecule has 0 aromatic carbocycles. The first-order valence-electron chi connectivity index (χ1n) is 5.72. The van der Waals surface area contributed by atoms with Gasteiger partial charge in [-0.05, 0) is 44.6 Å². The smallest absolute Gasteiger partial charge is 0.236 e. The molecule has 3 heteroatoms. The number of carbonyl (C=O) groups excluding carboxylic acids is 1. The van der Waals surface area contributed by atoms with Crippen LogP contribution in [-0.4, -0.2) is 37.5 Å². The number of nitrogens with zero attached hydrogens (tertiary/aromatic N) is 1. The second-order valence-electron chi connectivity index (χ2n) is 4.72. The third-order valence-electron chi connectivity index (χ3n) is 3.03. The van der Waals surface area contributed by atoms with E-state index in [9.17, 15) is 4.79 Å². The molecule has 0 aromatic rings. The molecule has 0 atom stereocenters. The highest BCUT2D eigenvalue weighted by Crippen LogP contribution is 2.33. The molecule has 0 radical (unpaired) electrons. The van der Waals surface area contributed by atoms with Crippen molar-refractivity contribution in [3.63, 3.8) is 0 Å². The highest BCUT2D eigenvalue weighted by atomic mass is 16.2. The molecule has 2 aliphatic rings. The molecule has 14 heavy (non-hydrogen) atoms. The van der Waals surface area contributed by atoms with Crippen LogP contribution in [0.1, 0.15) is 25.7 Å². The van der Waals surface area contributed by atoms with Crippen LogP contribution in [0, 0.1) is 11.8 Å². The topological polar surface area (TPSA) is 32.3 Å². The summed E-state index contributed by atoms with van der Waals surface area (Å²) in [5, 5.41) is 2.94. The van der Waals surface area contributed by atoms with Crippen molar-refractivity contribution in [2.24, 2.45) is 11.8 Å². The quantitative estimate of drug-likeness (QED) is 0.683. The monoisotopic (exact) mass is 196 g/mol. The third kappa shape index (κ3) is 2.98. The summed E-state index contributed by atoms with van der Waals surface area (Å²) in [5.41, 5.74) is 0. The molecule has 1 N–H and O–H groups in total. The van der Waals surface area contributed by atoms with Gasteiger partial charge < -0.3 is 10.2 Å². The van der Waals surface area contributed by atoms with Crippen molar-refractivity contribution in [2.75, 3.05) is 26.7 Å². The van der Waals surface area contributed by atoms with Crippen LogP contribution in [0.2, 0.25) is 0 Å². The van der Waals surface area contributed by atoms with E-state index in [4.69, 9.17) is 0 Å². The van der Waals surface area contributed by atoms with Crippen molar-refractivity contribution in [1.29, 1.82) is 0 Å². The molecule has 0 aromatic heterocycles. The fraction of sp³-hybridized carbons (Fsp3) is 0.909. The van der Waals surface area contributed by atoms with Crippen molar-refractivity contribution in [3.05, 3.63) is 0 Å².